The van der Waals surface area contributed by atoms with E-state index < -0.39 is 0 Å². The number of likely N-dealkylation sites (N-methyl/N-ethyl adjacent to an activating group) is 2. The zero-order valence-corrected chi connectivity index (χ0v) is 14.2. The van der Waals surface area contributed by atoms with Crippen molar-refractivity contribution in [2.75, 3.05) is 46.4 Å². The third kappa shape index (κ3) is 7.29. The minimum Gasteiger partial charge on any atom is -0.492 e. The maximum atomic E-state index is 5.67. The van der Waals surface area contributed by atoms with E-state index in [4.69, 9.17) is 17.0 Å². The van der Waals surface area contributed by atoms with Crippen LogP contribution in [0, 0.1) is 0 Å². The third-order valence-electron chi connectivity index (χ3n) is 3.38. The van der Waals surface area contributed by atoms with E-state index in [1.165, 1.54) is 0 Å². The number of nitrogens with zero attached hydrogens (tertiary/aromatic N) is 2. The predicted molar refractivity (Wildman–Crippen MR) is 93.0 cm³/mol. The Morgan fingerprint density at radius 2 is 1.81 bits per heavy atom. The summed E-state index contributed by atoms with van der Waals surface area (Å²) in [5.74, 6) is 0.895. The first-order chi connectivity index (χ1) is 10.2. The third-order valence-corrected chi connectivity index (χ3v) is 3.84. The predicted octanol–water partition coefficient (Wildman–Crippen LogP) is 2.21. The molecule has 0 aliphatic rings. The molecule has 0 atom stereocenters. The van der Waals surface area contributed by atoms with Crippen LogP contribution in [-0.4, -0.2) is 61.3 Å². The molecule has 0 heterocycles. The van der Waals surface area contributed by atoms with Crippen molar-refractivity contribution in [1.29, 1.82) is 0 Å². The van der Waals surface area contributed by atoms with Crippen LogP contribution in [0.1, 0.15) is 13.8 Å². The maximum absolute atomic E-state index is 5.67. The molecule has 0 amide bonds. The highest BCUT2D eigenvalue weighted by Crippen LogP contribution is 2.07. The molecule has 1 rings (SSSR count). The van der Waals surface area contributed by atoms with Crippen molar-refractivity contribution < 1.29 is 4.74 Å². The SMILES string of the molecule is CCN(CC)CCNC(=S)N(C)CCOc1ccccc1. The number of ether oxygens (including phenoxy) is 1. The van der Waals surface area contributed by atoms with Gasteiger partial charge in [-0.3, -0.25) is 0 Å². The van der Waals surface area contributed by atoms with E-state index in [9.17, 15) is 0 Å². The Labute approximate surface area is 134 Å². The van der Waals surface area contributed by atoms with Crippen molar-refractivity contribution in [3.63, 3.8) is 0 Å². The molecule has 118 valence electrons. The highest BCUT2D eigenvalue weighted by molar-refractivity contribution is 7.80. The summed E-state index contributed by atoms with van der Waals surface area (Å²) in [5, 5.41) is 4.07. The Morgan fingerprint density at radius 3 is 2.43 bits per heavy atom. The van der Waals surface area contributed by atoms with Crippen LogP contribution in [0.4, 0.5) is 0 Å². The molecule has 0 aliphatic heterocycles. The van der Waals surface area contributed by atoms with E-state index in [1.807, 2.05) is 42.3 Å². The molecule has 0 saturated carbocycles. The van der Waals surface area contributed by atoms with E-state index in [0.717, 1.165) is 43.6 Å². The van der Waals surface area contributed by atoms with Gasteiger partial charge < -0.3 is 19.9 Å². The van der Waals surface area contributed by atoms with Crippen LogP contribution < -0.4 is 10.1 Å². The van der Waals surface area contributed by atoms with Crippen molar-refractivity contribution >= 4 is 17.3 Å². The molecule has 0 fully saturated rings. The second kappa shape index (κ2) is 10.4. The second-order valence-corrected chi connectivity index (χ2v) is 5.23. The van der Waals surface area contributed by atoms with Crippen molar-refractivity contribution in [3.8, 4) is 5.75 Å². The summed E-state index contributed by atoms with van der Waals surface area (Å²) < 4.78 is 5.67. The van der Waals surface area contributed by atoms with Crippen molar-refractivity contribution in [1.82, 2.24) is 15.1 Å². The summed E-state index contributed by atoms with van der Waals surface area (Å²) in [6.07, 6.45) is 0. The van der Waals surface area contributed by atoms with Crippen molar-refractivity contribution in [3.05, 3.63) is 30.3 Å². The lowest BCUT2D eigenvalue weighted by Gasteiger charge is -2.23. The molecule has 4 nitrogen and oxygen atoms in total. The largest absolute Gasteiger partial charge is 0.492 e. The van der Waals surface area contributed by atoms with Gasteiger partial charge in [0, 0.05) is 20.1 Å². The van der Waals surface area contributed by atoms with Gasteiger partial charge in [0.15, 0.2) is 5.11 Å². The minimum absolute atomic E-state index is 0.623. The molecular formula is C16H27N3OS. The van der Waals surface area contributed by atoms with E-state index in [0.29, 0.717) is 6.61 Å². The average Bonchev–Trinajstić information content (AvgIpc) is 2.52. The van der Waals surface area contributed by atoms with Crippen molar-refractivity contribution in [2.24, 2.45) is 0 Å². The van der Waals surface area contributed by atoms with E-state index in [2.05, 4.69) is 24.1 Å². The zero-order chi connectivity index (χ0) is 15.5. The lowest BCUT2D eigenvalue weighted by molar-refractivity contribution is 0.281. The first-order valence-electron chi connectivity index (χ1n) is 7.56. The van der Waals surface area contributed by atoms with Gasteiger partial charge in [-0.1, -0.05) is 32.0 Å². The molecule has 0 unspecified atom stereocenters. The van der Waals surface area contributed by atoms with Crippen LogP contribution >= 0.6 is 12.2 Å². The molecule has 0 saturated heterocycles. The number of hydrogen-bond acceptors (Lipinski definition) is 3. The molecule has 1 aromatic carbocycles. The number of hydrogen-bond donors (Lipinski definition) is 1. The fourth-order valence-electron chi connectivity index (χ4n) is 1.91. The lowest BCUT2D eigenvalue weighted by atomic mass is 10.3. The summed E-state index contributed by atoms with van der Waals surface area (Å²) >= 11 is 5.37. The summed E-state index contributed by atoms with van der Waals surface area (Å²) in [4.78, 5) is 4.38. The van der Waals surface area contributed by atoms with Crippen molar-refractivity contribution in [2.45, 2.75) is 13.8 Å². The number of nitrogens with one attached hydrogen (secondary N) is 1. The van der Waals surface area contributed by atoms with Gasteiger partial charge in [-0.25, -0.2) is 0 Å². The Morgan fingerprint density at radius 1 is 1.14 bits per heavy atom. The number of rotatable bonds is 9. The van der Waals surface area contributed by atoms with Gasteiger partial charge in [0.2, 0.25) is 0 Å². The monoisotopic (exact) mass is 309 g/mol. The fourth-order valence-corrected chi connectivity index (χ4v) is 2.11. The van der Waals surface area contributed by atoms with Gasteiger partial charge in [0.05, 0.1) is 6.54 Å². The van der Waals surface area contributed by atoms with Crippen LogP contribution in [-0.2, 0) is 0 Å². The fraction of sp³-hybridized carbons (Fsp3) is 0.562. The summed E-state index contributed by atoms with van der Waals surface area (Å²) in [5.41, 5.74) is 0. The maximum Gasteiger partial charge on any atom is 0.168 e. The van der Waals surface area contributed by atoms with E-state index >= 15 is 0 Å². The Balaban J connectivity index is 2.16. The molecule has 0 spiro atoms. The van der Waals surface area contributed by atoms with Gasteiger partial charge in [0.25, 0.3) is 0 Å². The Kier molecular flexibility index (Phi) is 8.78. The normalized spacial score (nSPS) is 10.5. The van der Waals surface area contributed by atoms with Gasteiger partial charge in [-0.2, -0.15) is 0 Å². The van der Waals surface area contributed by atoms with Crippen LogP contribution in [0.3, 0.4) is 0 Å². The van der Waals surface area contributed by atoms with Crippen LogP contribution in [0.2, 0.25) is 0 Å². The first kappa shape index (κ1) is 17.7. The van der Waals surface area contributed by atoms with Gasteiger partial charge in [0.1, 0.15) is 12.4 Å². The number of benzene rings is 1. The zero-order valence-electron chi connectivity index (χ0n) is 13.3. The number of thiocarbonyl (C=S) groups is 1. The Bertz CT molecular complexity index is 396. The standard InChI is InChI=1S/C16H27N3OS/c1-4-19(5-2)12-11-17-16(21)18(3)13-14-20-15-9-7-6-8-10-15/h6-10H,4-5,11-14H2,1-3H3,(H,17,21). The highest BCUT2D eigenvalue weighted by Gasteiger charge is 2.05. The topological polar surface area (TPSA) is 27.7 Å². The molecule has 0 radical (unpaired) electrons. The summed E-state index contributed by atoms with van der Waals surface area (Å²) in [6, 6.07) is 9.84. The quantitative estimate of drug-likeness (QED) is 0.706. The lowest BCUT2D eigenvalue weighted by Crippen LogP contribution is -2.42. The molecule has 0 aliphatic carbocycles. The molecule has 21 heavy (non-hydrogen) atoms. The van der Waals surface area contributed by atoms with Crippen LogP contribution in [0.15, 0.2) is 30.3 Å². The first-order valence-corrected chi connectivity index (χ1v) is 7.97. The molecule has 0 aromatic heterocycles. The molecular weight excluding hydrogens is 282 g/mol. The average molecular weight is 309 g/mol. The van der Waals surface area contributed by atoms with Gasteiger partial charge in [-0.05, 0) is 37.4 Å². The minimum atomic E-state index is 0.623. The molecule has 0 bridgehead atoms. The van der Waals surface area contributed by atoms with Gasteiger partial charge in [-0.15, -0.1) is 0 Å². The van der Waals surface area contributed by atoms with E-state index in [1.54, 1.807) is 0 Å². The second-order valence-electron chi connectivity index (χ2n) is 4.84. The number of para-hydroxylation sites is 1. The van der Waals surface area contributed by atoms with Gasteiger partial charge >= 0.3 is 0 Å². The Hall–Kier alpha value is -1.33. The summed E-state index contributed by atoms with van der Waals surface area (Å²) in [7, 11) is 1.99. The van der Waals surface area contributed by atoms with Crippen LogP contribution in [0.5, 0.6) is 5.75 Å². The smallest absolute Gasteiger partial charge is 0.168 e. The molecule has 5 heteroatoms. The summed E-state index contributed by atoms with van der Waals surface area (Å²) in [6.45, 7) is 9.79. The van der Waals surface area contributed by atoms with E-state index in [-0.39, 0.29) is 0 Å². The molecule has 1 aromatic rings. The highest BCUT2D eigenvalue weighted by atomic mass is 32.1. The molecule has 1 N–H and O–H groups in total. The van der Waals surface area contributed by atoms with Crippen LogP contribution in [0.25, 0.3) is 0 Å².